The largest absolute Gasteiger partial charge is 0.313 e. The molecule has 2 rings (SSSR count). The van der Waals surface area contributed by atoms with Crippen LogP contribution in [0.15, 0.2) is 18.5 Å². The molecule has 0 aromatic carbocycles. The number of aromatic nitrogens is 1. The fraction of sp³-hybridized carbons (Fsp3) is 0.667. The van der Waals surface area contributed by atoms with E-state index in [-0.39, 0.29) is 11.9 Å². The Morgan fingerprint density at radius 3 is 2.72 bits per heavy atom. The molecule has 4 unspecified atom stereocenters. The van der Waals surface area contributed by atoms with E-state index in [1.807, 2.05) is 7.05 Å². The van der Waals surface area contributed by atoms with Crippen molar-refractivity contribution >= 4 is 0 Å². The molecule has 1 aromatic rings. The molecule has 0 aliphatic heterocycles. The van der Waals surface area contributed by atoms with Crippen molar-refractivity contribution in [2.75, 3.05) is 7.05 Å². The molecule has 1 aliphatic carbocycles. The predicted octanol–water partition coefficient (Wildman–Crippen LogP) is 3.55. The molecule has 0 spiro atoms. The van der Waals surface area contributed by atoms with Crippen LogP contribution >= 0.6 is 0 Å². The summed E-state index contributed by atoms with van der Waals surface area (Å²) in [4.78, 5) is 3.83. The molecule has 1 aromatic heterocycles. The summed E-state index contributed by atoms with van der Waals surface area (Å²) in [6.45, 7) is 4.63. The molecule has 1 fully saturated rings. The summed E-state index contributed by atoms with van der Waals surface area (Å²) in [5.74, 6) is 1.85. The lowest BCUT2D eigenvalue weighted by molar-refractivity contribution is 0.173. The van der Waals surface area contributed by atoms with Gasteiger partial charge in [0, 0.05) is 17.8 Å². The second-order valence-corrected chi connectivity index (χ2v) is 5.69. The van der Waals surface area contributed by atoms with Crippen LogP contribution in [0.2, 0.25) is 0 Å². The Labute approximate surface area is 109 Å². The van der Waals surface area contributed by atoms with Crippen LogP contribution in [0.25, 0.3) is 0 Å². The van der Waals surface area contributed by atoms with E-state index in [0.717, 1.165) is 17.4 Å². The van der Waals surface area contributed by atoms with Crippen molar-refractivity contribution < 1.29 is 4.39 Å². The van der Waals surface area contributed by atoms with Gasteiger partial charge in [-0.2, -0.15) is 0 Å². The quantitative estimate of drug-likeness (QED) is 0.887. The van der Waals surface area contributed by atoms with Crippen LogP contribution in [-0.2, 0) is 0 Å². The van der Waals surface area contributed by atoms with Gasteiger partial charge in [0.25, 0.3) is 0 Å². The van der Waals surface area contributed by atoms with Gasteiger partial charge in [0.05, 0.1) is 6.20 Å². The number of rotatable bonds is 3. The monoisotopic (exact) mass is 250 g/mol. The summed E-state index contributed by atoms with van der Waals surface area (Å²) in [6, 6.07) is 1.92. The third kappa shape index (κ3) is 2.72. The van der Waals surface area contributed by atoms with Crippen LogP contribution in [0.1, 0.15) is 44.7 Å². The summed E-state index contributed by atoms with van der Waals surface area (Å²) < 4.78 is 13.9. The van der Waals surface area contributed by atoms with Gasteiger partial charge in [-0.1, -0.05) is 20.3 Å². The van der Waals surface area contributed by atoms with E-state index >= 15 is 0 Å². The lowest BCUT2D eigenvalue weighted by atomic mass is 9.72. The highest BCUT2D eigenvalue weighted by Crippen LogP contribution is 2.40. The normalized spacial score (nSPS) is 30.1. The smallest absolute Gasteiger partial charge is 0.146 e. The first kappa shape index (κ1) is 13.5. The van der Waals surface area contributed by atoms with Gasteiger partial charge in [-0.3, -0.25) is 4.98 Å². The second kappa shape index (κ2) is 5.79. The Bertz CT molecular complexity index is 394. The Kier molecular flexibility index (Phi) is 4.33. The number of nitrogens with zero attached hydrogens (tertiary/aromatic N) is 1. The third-order valence-corrected chi connectivity index (χ3v) is 4.56. The molecule has 4 atom stereocenters. The molecule has 0 amide bonds. The van der Waals surface area contributed by atoms with Gasteiger partial charge < -0.3 is 5.32 Å². The maximum Gasteiger partial charge on any atom is 0.146 e. The average molecular weight is 250 g/mol. The van der Waals surface area contributed by atoms with Gasteiger partial charge in [0.1, 0.15) is 5.82 Å². The van der Waals surface area contributed by atoms with E-state index in [4.69, 9.17) is 0 Å². The van der Waals surface area contributed by atoms with Crippen LogP contribution in [0, 0.1) is 23.6 Å². The maximum absolute atomic E-state index is 13.9. The van der Waals surface area contributed by atoms with E-state index < -0.39 is 0 Å². The van der Waals surface area contributed by atoms with Gasteiger partial charge in [-0.05, 0) is 43.7 Å². The van der Waals surface area contributed by atoms with Crippen molar-refractivity contribution in [3.8, 4) is 0 Å². The number of nitrogens with one attached hydrogen (secondary N) is 1. The molecular formula is C15H23FN2. The zero-order chi connectivity index (χ0) is 13.1. The molecular weight excluding hydrogens is 227 g/mol. The number of hydrogen-bond donors (Lipinski definition) is 1. The minimum absolute atomic E-state index is 0.114. The third-order valence-electron chi connectivity index (χ3n) is 4.56. The lowest BCUT2D eigenvalue weighted by Crippen LogP contribution is -2.32. The zero-order valence-electron chi connectivity index (χ0n) is 11.5. The highest BCUT2D eigenvalue weighted by molar-refractivity contribution is 5.18. The van der Waals surface area contributed by atoms with Crippen molar-refractivity contribution in [1.82, 2.24) is 10.3 Å². The van der Waals surface area contributed by atoms with Crippen LogP contribution in [0.4, 0.5) is 4.39 Å². The molecule has 0 saturated heterocycles. The number of pyridine rings is 1. The summed E-state index contributed by atoms with van der Waals surface area (Å²) >= 11 is 0. The number of halogens is 1. The van der Waals surface area contributed by atoms with E-state index in [9.17, 15) is 4.39 Å². The molecule has 1 aliphatic rings. The van der Waals surface area contributed by atoms with E-state index in [2.05, 4.69) is 24.1 Å². The van der Waals surface area contributed by atoms with Gasteiger partial charge in [-0.15, -0.1) is 0 Å². The Morgan fingerprint density at radius 2 is 2.11 bits per heavy atom. The van der Waals surface area contributed by atoms with Crippen molar-refractivity contribution in [3.05, 3.63) is 29.8 Å². The van der Waals surface area contributed by atoms with Crippen LogP contribution in [0.5, 0.6) is 0 Å². The van der Waals surface area contributed by atoms with Crippen molar-refractivity contribution in [2.45, 2.75) is 39.2 Å². The Morgan fingerprint density at radius 1 is 1.33 bits per heavy atom. The predicted molar refractivity (Wildman–Crippen MR) is 71.7 cm³/mol. The molecule has 1 N–H and O–H groups in total. The fourth-order valence-electron chi connectivity index (χ4n) is 3.18. The molecule has 2 nitrogen and oxygen atoms in total. The van der Waals surface area contributed by atoms with E-state index in [1.54, 1.807) is 12.3 Å². The Balaban J connectivity index is 2.17. The van der Waals surface area contributed by atoms with Gasteiger partial charge in [0.15, 0.2) is 0 Å². The van der Waals surface area contributed by atoms with E-state index in [1.165, 1.54) is 25.5 Å². The minimum Gasteiger partial charge on any atom is -0.313 e. The summed E-state index contributed by atoms with van der Waals surface area (Å²) in [5.41, 5.74) is 0.763. The zero-order valence-corrected chi connectivity index (χ0v) is 11.5. The highest BCUT2D eigenvalue weighted by Gasteiger charge is 2.31. The minimum atomic E-state index is -0.192. The SMILES string of the molecule is CNC(c1ccncc1F)C1CCC(C)C(C)C1. The van der Waals surface area contributed by atoms with Crippen molar-refractivity contribution in [1.29, 1.82) is 0 Å². The summed E-state index contributed by atoms with van der Waals surface area (Å²) in [7, 11) is 1.92. The van der Waals surface area contributed by atoms with E-state index in [0.29, 0.717) is 5.92 Å². The van der Waals surface area contributed by atoms with Gasteiger partial charge in [-0.25, -0.2) is 4.39 Å². The fourth-order valence-corrected chi connectivity index (χ4v) is 3.18. The highest BCUT2D eigenvalue weighted by atomic mass is 19.1. The number of hydrogen-bond acceptors (Lipinski definition) is 2. The summed E-state index contributed by atoms with van der Waals surface area (Å²) in [5, 5.41) is 3.30. The van der Waals surface area contributed by atoms with Crippen LogP contribution < -0.4 is 5.32 Å². The molecule has 3 heteroatoms. The molecule has 1 saturated carbocycles. The van der Waals surface area contributed by atoms with Crippen molar-refractivity contribution in [2.24, 2.45) is 17.8 Å². The first-order valence-electron chi connectivity index (χ1n) is 6.90. The molecule has 100 valence electrons. The van der Waals surface area contributed by atoms with Crippen LogP contribution in [-0.4, -0.2) is 12.0 Å². The van der Waals surface area contributed by atoms with Gasteiger partial charge in [0.2, 0.25) is 0 Å². The molecule has 0 bridgehead atoms. The molecule has 0 radical (unpaired) electrons. The molecule has 1 heterocycles. The first-order chi connectivity index (χ1) is 8.63. The second-order valence-electron chi connectivity index (χ2n) is 5.69. The Hall–Kier alpha value is -0.960. The molecule has 18 heavy (non-hydrogen) atoms. The van der Waals surface area contributed by atoms with Crippen molar-refractivity contribution in [3.63, 3.8) is 0 Å². The maximum atomic E-state index is 13.9. The topological polar surface area (TPSA) is 24.9 Å². The standard InChI is InChI=1S/C15H23FN2/c1-10-4-5-12(8-11(10)2)15(17-3)13-6-7-18-9-14(13)16/h6-7,9-12,15,17H,4-5,8H2,1-3H3. The van der Waals surface area contributed by atoms with Gasteiger partial charge >= 0.3 is 0 Å². The van der Waals surface area contributed by atoms with Crippen LogP contribution in [0.3, 0.4) is 0 Å². The lowest BCUT2D eigenvalue weighted by Gasteiger charge is -2.36. The summed E-state index contributed by atoms with van der Waals surface area (Å²) in [6.07, 6.45) is 6.59. The first-order valence-corrected chi connectivity index (χ1v) is 6.90. The average Bonchev–Trinajstić information content (AvgIpc) is 2.37.